The highest BCUT2D eigenvalue weighted by molar-refractivity contribution is 8.00. The van der Waals surface area contributed by atoms with E-state index in [2.05, 4.69) is 5.32 Å². The maximum Gasteiger partial charge on any atom is 0.334 e. The number of amides is 6. The van der Waals surface area contributed by atoms with Gasteiger partial charge in [0.1, 0.15) is 6.54 Å². The first kappa shape index (κ1) is 20.4. The number of nitrogens with two attached hydrogens (primary N) is 1. The van der Waals surface area contributed by atoms with Gasteiger partial charge in [-0.15, -0.1) is 11.8 Å². The lowest BCUT2D eigenvalue weighted by molar-refractivity contribution is -0.143. The van der Waals surface area contributed by atoms with E-state index in [4.69, 9.17) is 5.73 Å². The van der Waals surface area contributed by atoms with Crippen LogP contribution in [0, 0.1) is 5.92 Å². The van der Waals surface area contributed by atoms with E-state index in [1.807, 2.05) is 0 Å². The van der Waals surface area contributed by atoms with Crippen LogP contribution in [0.4, 0.5) is 10.5 Å². The van der Waals surface area contributed by atoms with Crippen LogP contribution in [0.2, 0.25) is 0 Å². The Hall–Kier alpha value is -2.88. The number of benzene rings is 1. The zero-order valence-electron chi connectivity index (χ0n) is 14.9. The molecule has 0 unspecified atom stereocenters. The number of nitrogens with zero attached hydrogens (tertiary/aromatic N) is 2. The van der Waals surface area contributed by atoms with Gasteiger partial charge in [-0.25, -0.2) is 9.69 Å². The second-order valence-electron chi connectivity index (χ2n) is 6.28. The molecular formula is C17H20N4O5S. The molecule has 9 nitrogen and oxygen atoms in total. The molecule has 1 aliphatic rings. The lowest BCUT2D eigenvalue weighted by Gasteiger charge is -2.17. The number of primary amides is 1. The minimum absolute atomic E-state index is 0.00589. The molecule has 27 heavy (non-hydrogen) atoms. The topological polar surface area (TPSA) is 130 Å². The minimum Gasteiger partial charge on any atom is -0.369 e. The van der Waals surface area contributed by atoms with E-state index in [0.717, 1.165) is 16.7 Å². The Bertz CT molecular complexity index is 795. The number of anilines is 1. The molecule has 1 aromatic carbocycles. The van der Waals surface area contributed by atoms with Gasteiger partial charge in [0.15, 0.2) is 0 Å². The first-order valence-corrected chi connectivity index (χ1v) is 9.16. The fraction of sp³-hybridized carbons (Fsp3) is 0.353. The number of thioether (sulfide) groups is 1. The molecular weight excluding hydrogens is 372 g/mol. The van der Waals surface area contributed by atoms with Crippen molar-refractivity contribution in [2.45, 2.75) is 18.7 Å². The summed E-state index contributed by atoms with van der Waals surface area (Å²) in [6, 6.07) is 5.93. The smallest absolute Gasteiger partial charge is 0.334 e. The van der Waals surface area contributed by atoms with Gasteiger partial charge in [0.25, 0.3) is 0 Å². The first-order valence-electron chi connectivity index (χ1n) is 8.18. The molecule has 1 saturated heterocycles. The molecule has 1 fully saturated rings. The number of hydrogen-bond donors (Lipinski definition) is 2. The van der Waals surface area contributed by atoms with Gasteiger partial charge in [-0.2, -0.15) is 0 Å². The van der Waals surface area contributed by atoms with Crippen molar-refractivity contribution in [3.8, 4) is 0 Å². The van der Waals surface area contributed by atoms with E-state index in [0.29, 0.717) is 15.5 Å². The number of urea groups is 1. The predicted octanol–water partition coefficient (Wildman–Crippen LogP) is 0.649. The van der Waals surface area contributed by atoms with Crippen LogP contribution in [0.15, 0.2) is 29.2 Å². The van der Waals surface area contributed by atoms with Crippen molar-refractivity contribution in [3.63, 3.8) is 0 Å². The van der Waals surface area contributed by atoms with Crippen molar-refractivity contribution in [1.82, 2.24) is 9.80 Å². The zero-order valence-corrected chi connectivity index (χ0v) is 15.7. The van der Waals surface area contributed by atoms with Crippen LogP contribution in [0.1, 0.15) is 13.8 Å². The summed E-state index contributed by atoms with van der Waals surface area (Å²) in [4.78, 5) is 61.5. The maximum absolute atomic E-state index is 12.3. The highest BCUT2D eigenvalue weighted by atomic mass is 32.2. The Labute approximate surface area is 160 Å². The van der Waals surface area contributed by atoms with Crippen molar-refractivity contribution < 1.29 is 24.0 Å². The average molecular weight is 392 g/mol. The molecule has 1 heterocycles. The number of nitrogens with one attached hydrogen (secondary N) is 1. The minimum atomic E-state index is -1.02. The standard InChI is InChI=1S/C17H20N4O5S/c1-10(2)7-20-15(24)16(25)21(17(20)26)8-14(23)19-11-5-3-4-6-12(11)27-9-13(18)22/h3-6,10H,7-9H2,1-2H3,(H2,18,22)(H,19,23). The van der Waals surface area contributed by atoms with Crippen molar-refractivity contribution >= 4 is 47.1 Å². The highest BCUT2D eigenvalue weighted by Gasteiger charge is 2.45. The van der Waals surface area contributed by atoms with Crippen LogP contribution in [0.25, 0.3) is 0 Å². The largest absolute Gasteiger partial charge is 0.369 e. The van der Waals surface area contributed by atoms with E-state index >= 15 is 0 Å². The fourth-order valence-electron chi connectivity index (χ4n) is 2.39. The molecule has 2 rings (SSSR count). The van der Waals surface area contributed by atoms with Gasteiger partial charge in [0.2, 0.25) is 11.8 Å². The molecule has 1 aromatic rings. The van der Waals surface area contributed by atoms with Gasteiger partial charge >= 0.3 is 17.8 Å². The quantitative estimate of drug-likeness (QED) is 0.379. The van der Waals surface area contributed by atoms with Gasteiger partial charge in [-0.05, 0) is 18.1 Å². The summed E-state index contributed by atoms with van der Waals surface area (Å²) in [5, 5.41) is 2.58. The van der Waals surface area contributed by atoms with Crippen molar-refractivity contribution in [3.05, 3.63) is 24.3 Å². The van der Waals surface area contributed by atoms with Crippen LogP contribution >= 0.6 is 11.8 Å². The number of hydrogen-bond acceptors (Lipinski definition) is 6. The Morgan fingerprint density at radius 3 is 2.37 bits per heavy atom. The summed E-state index contributed by atoms with van der Waals surface area (Å²) in [6.07, 6.45) is 0. The number of carbonyl (C=O) groups excluding carboxylic acids is 5. The van der Waals surface area contributed by atoms with Crippen LogP contribution in [-0.4, -0.2) is 58.3 Å². The highest BCUT2D eigenvalue weighted by Crippen LogP contribution is 2.26. The van der Waals surface area contributed by atoms with Crippen LogP contribution in [0.3, 0.4) is 0 Å². The number of rotatable bonds is 8. The monoisotopic (exact) mass is 392 g/mol. The molecule has 0 bridgehead atoms. The average Bonchev–Trinajstić information content (AvgIpc) is 2.78. The molecule has 1 aliphatic heterocycles. The van der Waals surface area contributed by atoms with Crippen molar-refractivity contribution in [2.24, 2.45) is 11.7 Å². The number of imide groups is 2. The summed E-state index contributed by atoms with van der Waals surface area (Å²) < 4.78 is 0. The Morgan fingerprint density at radius 2 is 1.74 bits per heavy atom. The Kier molecular flexibility index (Phi) is 6.56. The summed E-state index contributed by atoms with van der Waals surface area (Å²) >= 11 is 1.15. The molecule has 3 N–H and O–H groups in total. The summed E-state index contributed by atoms with van der Waals surface area (Å²) in [7, 11) is 0. The summed E-state index contributed by atoms with van der Waals surface area (Å²) in [6.45, 7) is 3.14. The predicted molar refractivity (Wildman–Crippen MR) is 98.7 cm³/mol. The van der Waals surface area contributed by atoms with Crippen molar-refractivity contribution in [1.29, 1.82) is 0 Å². The normalized spacial score (nSPS) is 14.3. The third kappa shape index (κ3) is 5.07. The molecule has 0 aromatic heterocycles. The van der Waals surface area contributed by atoms with Crippen molar-refractivity contribution in [2.75, 3.05) is 24.2 Å². The fourth-order valence-corrected chi connectivity index (χ4v) is 3.14. The van der Waals surface area contributed by atoms with Gasteiger partial charge in [-0.1, -0.05) is 26.0 Å². The second-order valence-corrected chi connectivity index (χ2v) is 7.30. The van der Waals surface area contributed by atoms with E-state index in [-0.39, 0.29) is 18.2 Å². The summed E-state index contributed by atoms with van der Waals surface area (Å²) in [5.74, 6) is -3.06. The van der Waals surface area contributed by atoms with Crippen LogP contribution < -0.4 is 11.1 Å². The summed E-state index contributed by atoms with van der Waals surface area (Å²) in [5.41, 5.74) is 5.54. The third-order valence-electron chi connectivity index (χ3n) is 3.52. The van der Waals surface area contributed by atoms with E-state index in [1.54, 1.807) is 38.1 Å². The van der Waals surface area contributed by atoms with E-state index in [9.17, 15) is 24.0 Å². The third-order valence-corrected chi connectivity index (χ3v) is 4.61. The van der Waals surface area contributed by atoms with Crippen LogP contribution in [-0.2, 0) is 19.2 Å². The molecule has 0 saturated carbocycles. The Morgan fingerprint density at radius 1 is 1.11 bits per heavy atom. The zero-order chi connectivity index (χ0) is 20.1. The van der Waals surface area contributed by atoms with Gasteiger partial charge in [-0.3, -0.25) is 24.1 Å². The second kappa shape index (κ2) is 8.67. The number of para-hydroxylation sites is 1. The van der Waals surface area contributed by atoms with E-state index < -0.39 is 36.2 Å². The lowest BCUT2D eigenvalue weighted by atomic mass is 10.2. The first-order chi connectivity index (χ1) is 12.7. The molecule has 0 spiro atoms. The Balaban J connectivity index is 2.06. The van der Waals surface area contributed by atoms with Gasteiger partial charge < -0.3 is 11.1 Å². The van der Waals surface area contributed by atoms with E-state index in [1.165, 1.54) is 0 Å². The number of carbonyl (C=O) groups is 5. The molecule has 6 amide bonds. The molecule has 0 aliphatic carbocycles. The molecule has 0 atom stereocenters. The SMILES string of the molecule is CC(C)CN1C(=O)C(=O)N(CC(=O)Nc2ccccc2SCC(N)=O)C1=O. The molecule has 144 valence electrons. The maximum atomic E-state index is 12.3. The van der Waals surface area contributed by atoms with Gasteiger partial charge in [0, 0.05) is 11.4 Å². The molecule has 10 heteroatoms. The van der Waals surface area contributed by atoms with Gasteiger partial charge in [0.05, 0.1) is 11.4 Å². The van der Waals surface area contributed by atoms with Crippen LogP contribution in [0.5, 0.6) is 0 Å². The lowest BCUT2D eigenvalue weighted by Crippen LogP contribution is -2.39. The molecule has 0 radical (unpaired) electrons.